The molecule has 2 nitrogen and oxygen atoms in total. The summed E-state index contributed by atoms with van der Waals surface area (Å²) >= 11 is 0. The number of esters is 1. The van der Waals surface area contributed by atoms with Crippen LogP contribution in [0.2, 0.25) is 0 Å². The predicted molar refractivity (Wildman–Crippen MR) is 80.2 cm³/mol. The molecule has 0 aliphatic heterocycles. The Morgan fingerprint density at radius 1 is 1.32 bits per heavy atom. The average molecular weight is 260 g/mol. The molecule has 0 aliphatic rings. The van der Waals surface area contributed by atoms with Crippen molar-refractivity contribution < 1.29 is 9.53 Å². The minimum Gasteiger partial charge on any atom is -0.466 e. The molecule has 0 aliphatic carbocycles. The molecule has 2 heteroatoms. The van der Waals surface area contributed by atoms with Crippen LogP contribution in [0.25, 0.3) is 6.08 Å². The largest absolute Gasteiger partial charge is 0.466 e. The number of aryl methyl sites for hydroxylation is 1. The van der Waals surface area contributed by atoms with Gasteiger partial charge in [-0.1, -0.05) is 52.3 Å². The van der Waals surface area contributed by atoms with Crippen molar-refractivity contribution in [2.45, 2.75) is 46.0 Å². The van der Waals surface area contributed by atoms with E-state index in [1.54, 1.807) is 0 Å². The molecule has 0 radical (unpaired) electrons. The highest BCUT2D eigenvalue weighted by Crippen LogP contribution is 2.29. The monoisotopic (exact) mass is 260 g/mol. The van der Waals surface area contributed by atoms with E-state index in [1.807, 2.05) is 6.08 Å². The lowest BCUT2D eigenvalue weighted by Gasteiger charge is -2.23. The molecule has 0 amide bonds. The summed E-state index contributed by atoms with van der Waals surface area (Å²) in [5.74, 6) is -0.314. The van der Waals surface area contributed by atoms with Gasteiger partial charge in [-0.3, -0.25) is 0 Å². The molecule has 0 atom stereocenters. The zero-order valence-electron chi connectivity index (χ0n) is 12.6. The van der Waals surface area contributed by atoms with Crippen molar-refractivity contribution >= 4 is 12.0 Å². The molecule has 0 N–H and O–H groups in total. The van der Waals surface area contributed by atoms with Gasteiger partial charge in [0.1, 0.15) is 0 Å². The maximum atomic E-state index is 11.3. The van der Waals surface area contributed by atoms with Gasteiger partial charge in [0.15, 0.2) is 0 Å². The first-order valence-corrected chi connectivity index (χ1v) is 6.78. The van der Waals surface area contributed by atoms with Crippen LogP contribution in [0, 0.1) is 0 Å². The number of rotatable bonds is 4. The van der Waals surface area contributed by atoms with Gasteiger partial charge >= 0.3 is 5.97 Å². The Labute approximate surface area is 116 Å². The fourth-order valence-corrected chi connectivity index (χ4v) is 2.17. The molecular formula is C17H24O2. The smallest absolute Gasteiger partial charge is 0.330 e. The van der Waals surface area contributed by atoms with E-state index in [9.17, 15) is 4.79 Å². The Balaban J connectivity index is 3.29. The Morgan fingerprint density at radius 3 is 2.53 bits per heavy atom. The van der Waals surface area contributed by atoms with Crippen molar-refractivity contribution in [1.29, 1.82) is 0 Å². The average Bonchev–Trinajstić information content (AvgIpc) is 2.35. The maximum absolute atomic E-state index is 11.3. The molecule has 1 aromatic rings. The van der Waals surface area contributed by atoms with Gasteiger partial charge < -0.3 is 4.74 Å². The van der Waals surface area contributed by atoms with Crippen LogP contribution in [-0.4, -0.2) is 13.1 Å². The summed E-state index contributed by atoms with van der Waals surface area (Å²) in [6.45, 7) is 8.73. The van der Waals surface area contributed by atoms with Gasteiger partial charge in [0, 0.05) is 6.08 Å². The minimum absolute atomic E-state index is 0.0551. The third kappa shape index (κ3) is 4.23. The minimum atomic E-state index is -0.314. The first kappa shape index (κ1) is 15.5. The van der Waals surface area contributed by atoms with Crippen LogP contribution < -0.4 is 0 Å². The molecule has 19 heavy (non-hydrogen) atoms. The first-order valence-electron chi connectivity index (χ1n) is 6.78. The molecule has 0 saturated carbocycles. The summed E-state index contributed by atoms with van der Waals surface area (Å²) in [6.07, 6.45) is 5.50. The van der Waals surface area contributed by atoms with Crippen molar-refractivity contribution in [2.75, 3.05) is 7.11 Å². The third-order valence-corrected chi connectivity index (χ3v) is 3.11. The van der Waals surface area contributed by atoms with Crippen LogP contribution in [0.4, 0.5) is 0 Å². The molecule has 1 aromatic carbocycles. The van der Waals surface area contributed by atoms with Crippen LogP contribution in [0.1, 0.15) is 50.8 Å². The third-order valence-electron chi connectivity index (χ3n) is 3.11. The second-order valence-corrected chi connectivity index (χ2v) is 5.73. The molecule has 0 unspecified atom stereocenters. The Kier molecular flexibility index (Phi) is 5.34. The van der Waals surface area contributed by atoms with Gasteiger partial charge in [-0.15, -0.1) is 0 Å². The molecular weight excluding hydrogens is 236 g/mol. The SMILES string of the molecule is CCCc1cccc(C(C)(C)C)c1/C=C/C(=O)OC. The van der Waals surface area contributed by atoms with Crippen molar-refractivity contribution in [3.63, 3.8) is 0 Å². The lowest BCUT2D eigenvalue weighted by Crippen LogP contribution is -2.14. The lowest BCUT2D eigenvalue weighted by atomic mass is 9.81. The van der Waals surface area contributed by atoms with Gasteiger partial charge in [-0.05, 0) is 34.6 Å². The predicted octanol–water partition coefficient (Wildman–Crippen LogP) is 4.12. The summed E-state index contributed by atoms with van der Waals surface area (Å²) in [5.41, 5.74) is 3.76. The molecule has 0 heterocycles. The van der Waals surface area contributed by atoms with Crippen LogP contribution in [0.15, 0.2) is 24.3 Å². The van der Waals surface area contributed by atoms with Crippen LogP contribution in [0.5, 0.6) is 0 Å². The van der Waals surface area contributed by atoms with E-state index in [-0.39, 0.29) is 11.4 Å². The number of methoxy groups -OCH3 is 1. The lowest BCUT2D eigenvalue weighted by molar-refractivity contribution is -0.134. The van der Waals surface area contributed by atoms with Gasteiger partial charge in [-0.25, -0.2) is 4.79 Å². The van der Waals surface area contributed by atoms with E-state index < -0.39 is 0 Å². The highest BCUT2D eigenvalue weighted by molar-refractivity contribution is 5.87. The van der Waals surface area contributed by atoms with Crippen molar-refractivity contribution in [3.8, 4) is 0 Å². The zero-order valence-corrected chi connectivity index (χ0v) is 12.6. The van der Waals surface area contributed by atoms with Crippen LogP contribution >= 0.6 is 0 Å². The van der Waals surface area contributed by atoms with Gasteiger partial charge in [0.25, 0.3) is 0 Å². The molecule has 0 bridgehead atoms. The van der Waals surface area contributed by atoms with E-state index in [0.29, 0.717) is 0 Å². The van der Waals surface area contributed by atoms with Crippen molar-refractivity contribution in [2.24, 2.45) is 0 Å². The molecule has 0 aromatic heterocycles. The van der Waals surface area contributed by atoms with E-state index in [2.05, 4.69) is 50.6 Å². The number of ether oxygens (including phenoxy) is 1. The summed E-state index contributed by atoms with van der Waals surface area (Å²) in [6, 6.07) is 6.37. The summed E-state index contributed by atoms with van der Waals surface area (Å²) in [7, 11) is 1.40. The fraction of sp³-hybridized carbons (Fsp3) is 0.471. The van der Waals surface area contributed by atoms with Crippen molar-refractivity contribution in [3.05, 3.63) is 41.0 Å². The molecule has 0 spiro atoms. The normalized spacial score (nSPS) is 11.8. The molecule has 1 rings (SSSR count). The Morgan fingerprint density at radius 2 is 2.00 bits per heavy atom. The second kappa shape index (κ2) is 6.55. The maximum Gasteiger partial charge on any atom is 0.330 e. The highest BCUT2D eigenvalue weighted by Gasteiger charge is 2.18. The van der Waals surface area contributed by atoms with Crippen LogP contribution in [-0.2, 0) is 21.4 Å². The number of hydrogen-bond donors (Lipinski definition) is 0. The number of carbonyl (C=O) groups is 1. The molecule has 0 fully saturated rings. The van der Waals surface area contributed by atoms with E-state index in [1.165, 1.54) is 24.3 Å². The summed E-state index contributed by atoms with van der Waals surface area (Å²) in [5, 5.41) is 0. The fourth-order valence-electron chi connectivity index (χ4n) is 2.17. The first-order chi connectivity index (χ1) is 8.90. The quantitative estimate of drug-likeness (QED) is 0.601. The summed E-state index contributed by atoms with van der Waals surface area (Å²) in [4.78, 5) is 11.3. The van der Waals surface area contributed by atoms with Gasteiger partial charge in [0.2, 0.25) is 0 Å². The highest BCUT2D eigenvalue weighted by atomic mass is 16.5. The van der Waals surface area contributed by atoms with Crippen LogP contribution in [0.3, 0.4) is 0 Å². The standard InChI is InChI=1S/C17H24O2/c1-6-8-13-9-7-10-15(17(2,3)4)14(13)11-12-16(18)19-5/h7,9-12H,6,8H2,1-5H3/b12-11+. The van der Waals surface area contributed by atoms with E-state index in [0.717, 1.165) is 18.4 Å². The number of carbonyl (C=O) groups excluding carboxylic acids is 1. The van der Waals surface area contributed by atoms with E-state index in [4.69, 9.17) is 0 Å². The second-order valence-electron chi connectivity index (χ2n) is 5.73. The van der Waals surface area contributed by atoms with E-state index >= 15 is 0 Å². The molecule has 0 saturated heterocycles. The van der Waals surface area contributed by atoms with Crippen molar-refractivity contribution in [1.82, 2.24) is 0 Å². The topological polar surface area (TPSA) is 26.3 Å². The van der Waals surface area contributed by atoms with Gasteiger partial charge in [-0.2, -0.15) is 0 Å². The number of hydrogen-bond acceptors (Lipinski definition) is 2. The Hall–Kier alpha value is -1.57. The zero-order chi connectivity index (χ0) is 14.5. The molecule has 104 valence electrons. The summed E-state index contributed by atoms with van der Waals surface area (Å²) < 4.78 is 4.67. The Bertz CT molecular complexity index is 465. The van der Waals surface area contributed by atoms with Gasteiger partial charge in [0.05, 0.1) is 7.11 Å². The number of benzene rings is 1.